The normalized spacial score (nSPS) is 15.8. The van der Waals surface area contributed by atoms with E-state index in [1.165, 1.54) is 0 Å². The fourth-order valence-corrected chi connectivity index (χ4v) is 9.09. The maximum Gasteiger partial charge on any atom is 0.402 e. The van der Waals surface area contributed by atoms with Crippen molar-refractivity contribution in [2.24, 2.45) is 0 Å². The molecule has 8 amide bonds. The van der Waals surface area contributed by atoms with Crippen molar-refractivity contribution in [1.29, 1.82) is 0 Å². The molecule has 4 aliphatic heterocycles. The van der Waals surface area contributed by atoms with Crippen molar-refractivity contribution < 1.29 is 104 Å². The third-order valence-electron chi connectivity index (χ3n) is 12.7. The van der Waals surface area contributed by atoms with Crippen molar-refractivity contribution in [2.75, 3.05) is 19.6 Å². The Labute approximate surface area is 397 Å². The lowest BCUT2D eigenvalue weighted by atomic mass is 9.74. The van der Waals surface area contributed by atoms with Crippen LogP contribution in [0, 0.1) is 69.8 Å². The molecule has 6 aromatic rings. The molecular formula is C47H13F15N4O8. The van der Waals surface area contributed by atoms with Gasteiger partial charge in [0.05, 0.1) is 43.8 Å². The molecule has 0 aliphatic carbocycles. The van der Waals surface area contributed by atoms with Crippen molar-refractivity contribution >= 4 is 91.6 Å². The highest BCUT2D eigenvalue weighted by molar-refractivity contribution is 6.38. The Morgan fingerprint density at radius 3 is 0.824 bits per heavy atom. The highest BCUT2D eigenvalue weighted by atomic mass is 19.4. The Bertz CT molecular complexity index is 3650. The summed E-state index contributed by atoms with van der Waals surface area (Å²) in [5.74, 6) is -45.5. The van der Waals surface area contributed by atoms with Gasteiger partial charge in [0.1, 0.15) is 28.2 Å². The number of carbonyl (C=O) groups excluding carboxylic acids is 8. The molecule has 4 aliphatic rings. The van der Waals surface area contributed by atoms with Gasteiger partial charge in [0.2, 0.25) is 0 Å². The number of hydrogen-bond acceptors (Lipinski definition) is 8. The van der Waals surface area contributed by atoms with Gasteiger partial charge in [-0.15, -0.1) is 0 Å². The van der Waals surface area contributed by atoms with Crippen LogP contribution in [-0.2, 0) is 24.6 Å². The summed E-state index contributed by atoms with van der Waals surface area (Å²) in [4.78, 5) is 104. The molecule has 0 saturated carbocycles. The second-order valence-electron chi connectivity index (χ2n) is 16.4. The molecular weight excluding hydrogens is 1030 g/mol. The number of carbonyl (C=O) groups is 8. The topological polar surface area (TPSA) is 150 Å². The van der Waals surface area contributed by atoms with Crippen molar-refractivity contribution in [3.8, 4) is 0 Å². The van der Waals surface area contributed by atoms with Crippen molar-refractivity contribution in [2.45, 2.75) is 18.5 Å². The van der Waals surface area contributed by atoms with E-state index in [0.717, 1.165) is 0 Å². The zero-order valence-corrected chi connectivity index (χ0v) is 35.5. The molecule has 0 aromatic heterocycles. The second kappa shape index (κ2) is 15.7. The number of hydrogen-bond donors (Lipinski definition) is 0. The van der Waals surface area contributed by atoms with E-state index in [2.05, 4.69) is 0 Å². The van der Waals surface area contributed by atoms with Gasteiger partial charge >= 0.3 is 6.18 Å². The molecule has 27 heteroatoms. The van der Waals surface area contributed by atoms with Gasteiger partial charge in [-0.2, -0.15) is 13.2 Å². The minimum absolute atomic E-state index is 0.299. The summed E-state index contributed by atoms with van der Waals surface area (Å²) >= 11 is 0. The first kappa shape index (κ1) is 48.5. The van der Waals surface area contributed by atoms with Crippen LogP contribution in [0.1, 0.15) is 59.5 Å². The van der Waals surface area contributed by atoms with Crippen LogP contribution in [0.5, 0.6) is 0 Å². The third-order valence-corrected chi connectivity index (χ3v) is 12.7. The molecule has 374 valence electrons. The van der Waals surface area contributed by atoms with Gasteiger partial charge in [-0.3, -0.25) is 38.4 Å². The van der Waals surface area contributed by atoms with E-state index in [9.17, 15) is 38.4 Å². The molecule has 4 heterocycles. The number of nitrogens with zero attached hydrogens (tertiary/aromatic N) is 4. The van der Waals surface area contributed by atoms with Crippen LogP contribution in [-0.4, -0.2) is 53.4 Å². The van der Waals surface area contributed by atoms with Crippen LogP contribution in [0.15, 0.2) is 60.7 Å². The fourth-order valence-electron chi connectivity index (χ4n) is 9.09. The summed E-state index contributed by atoms with van der Waals surface area (Å²) in [5.41, 5.74) is -17.9. The van der Waals surface area contributed by atoms with Crippen LogP contribution in [0.2, 0.25) is 0 Å². The van der Waals surface area contributed by atoms with Gasteiger partial charge in [0.15, 0.2) is 69.8 Å². The molecule has 0 saturated heterocycles. The maximum absolute atomic E-state index is 15.9. The number of imide groups is 4. The largest absolute Gasteiger partial charge is 0.402 e. The van der Waals surface area contributed by atoms with Gasteiger partial charge in [-0.25, -0.2) is 72.3 Å². The van der Waals surface area contributed by atoms with E-state index in [4.69, 9.17) is 0 Å². The molecule has 6 aromatic carbocycles. The molecule has 0 radical (unpaired) electrons. The van der Waals surface area contributed by atoms with Gasteiger partial charge in [-0.1, -0.05) is 12.1 Å². The quantitative estimate of drug-likeness (QED) is 0.0912. The zero-order chi connectivity index (χ0) is 54.0. The summed E-state index contributed by atoms with van der Waals surface area (Å²) in [6, 6.07) is 2.51. The predicted molar refractivity (Wildman–Crippen MR) is 218 cm³/mol. The van der Waals surface area contributed by atoms with E-state index in [1.54, 1.807) is 0 Å². The first-order valence-electron chi connectivity index (χ1n) is 20.2. The lowest BCUT2D eigenvalue weighted by Gasteiger charge is -2.33. The molecule has 10 rings (SSSR count). The van der Waals surface area contributed by atoms with Crippen LogP contribution in [0.3, 0.4) is 0 Å². The molecule has 0 bridgehead atoms. The van der Waals surface area contributed by atoms with Crippen LogP contribution in [0.4, 0.5) is 88.6 Å². The monoisotopic (exact) mass is 1050 g/mol. The summed E-state index contributed by atoms with van der Waals surface area (Å²) in [6.45, 7) is 0.355. The SMILES string of the molecule is CC(c1ccc2c(c1)C(=O)N(c1c(F)c(F)c(F)c3c(N4C(=O)C=CC4=O)c(F)c(F)c(F)c13)C2=O)(c1ccc2c(c1)C(=O)N(c1c(F)c(F)c(F)c3c(N4C(=O)C=CC4=O)c(F)c(F)c(F)c13)C2=O)C(F)(F)F. The minimum Gasteiger partial charge on any atom is -0.269 e. The predicted octanol–water partition coefficient (Wildman–Crippen LogP) is 8.99. The lowest BCUT2D eigenvalue weighted by molar-refractivity contribution is -0.173. The maximum atomic E-state index is 15.9. The summed E-state index contributed by atoms with van der Waals surface area (Å²) in [7, 11) is 0. The zero-order valence-electron chi connectivity index (χ0n) is 35.5. The third kappa shape index (κ3) is 6.02. The molecule has 0 spiro atoms. The number of halogens is 15. The van der Waals surface area contributed by atoms with E-state index < -0.39 is 216 Å². The first-order valence-corrected chi connectivity index (χ1v) is 20.2. The average Bonchev–Trinajstić information content (AvgIpc) is 4.03. The highest BCUT2D eigenvalue weighted by Gasteiger charge is 2.56. The second-order valence-corrected chi connectivity index (χ2v) is 16.4. The van der Waals surface area contributed by atoms with Gasteiger partial charge in [0.25, 0.3) is 47.3 Å². The average molecular weight is 1050 g/mol. The molecule has 0 unspecified atom stereocenters. The van der Waals surface area contributed by atoms with Gasteiger partial charge in [0, 0.05) is 24.3 Å². The van der Waals surface area contributed by atoms with E-state index >= 15 is 65.9 Å². The van der Waals surface area contributed by atoms with E-state index in [0.29, 0.717) is 67.6 Å². The van der Waals surface area contributed by atoms with Crippen molar-refractivity contribution in [1.82, 2.24) is 0 Å². The fraction of sp³-hybridized carbons (Fsp3) is 0.0638. The number of anilines is 4. The number of amides is 8. The summed E-state index contributed by atoms with van der Waals surface area (Å²) in [6.07, 6.45) is -3.95. The molecule has 0 N–H and O–H groups in total. The van der Waals surface area contributed by atoms with Gasteiger partial charge < -0.3 is 0 Å². The number of fused-ring (bicyclic) bond motifs is 4. The number of alkyl halides is 3. The Kier molecular flexibility index (Phi) is 10.3. The smallest absolute Gasteiger partial charge is 0.269 e. The minimum atomic E-state index is -5.64. The van der Waals surface area contributed by atoms with Crippen molar-refractivity contribution in [3.63, 3.8) is 0 Å². The molecule has 0 atom stereocenters. The first-order chi connectivity index (χ1) is 34.6. The Hall–Kier alpha value is -9.17. The number of rotatable bonds is 6. The standard InChI is InChI=1S/C47H13F15N4O8/c1-46(47(60,61)62,12-2-4-14-16(10-12)44(73)65(42(14)71)40-24-22(26(48)32(54)36(40)58)38(34(56)30(52)28(24)50)63-18(67)6-7-19(63)68)13-3-5-15-17(11-13)45(74)66(43(15)72)41-25-23(27(49)33(55)37(41)59)39(35(57)31(53)29(25)51)64-20(69)8-9-21(64)70/h2-11H,1H3. The Morgan fingerprint density at radius 2 is 0.568 bits per heavy atom. The van der Waals surface area contributed by atoms with Crippen LogP contribution in [0.25, 0.3) is 21.5 Å². The summed E-state index contributed by atoms with van der Waals surface area (Å²) in [5, 5.41) is -7.74. The molecule has 74 heavy (non-hydrogen) atoms. The summed E-state index contributed by atoms with van der Waals surface area (Å²) < 4.78 is 233. The van der Waals surface area contributed by atoms with E-state index in [1.807, 2.05) is 0 Å². The van der Waals surface area contributed by atoms with Crippen LogP contribution < -0.4 is 19.6 Å². The van der Waals surface area contributed by atoms with Crippen LogP contribution >= 0.6 is 0 Å². The lowest BCUT2D eigenvalue weighted by Crippen LogP contribution is -2.41. The Morgan fingerprint density at radius 1 is 0.324 bits per heavy atom. The molecule has 12 nitrogen and oxygen atoms in total. The van der Waals surface area contributed by atoms with E-state index in [-0.39, 0.29) is 9.80 Å². The number of benzene rings is 6. The van der Waals surface area contributed by atoms with Gasteiger partial charge in [-0.05, 0) is 42.3 Å². The molecule has 0 fully saturated rings. The highest BCUT2D eigenvalue weighted by Crippen LogP contribution is 2.51. The Balaban J connectivity index is 1.10. The van der Waals surface area contributed by atoms with Crippen molar-refractivity contribution in [3.05, 3.63) is 164 Å².